The van der Waals surface area contributed by atoms with Gasteiger partial charge >= 0.3 is 0 Å². The van der Waals surface area contributed by atoms with Gasteiger partial charge in [0.1, 0.15) is 0 Å². The number of nitrogens with zero attached hydrogens (tertiary/aromatic N) is 1. The molecule has 0 fully saturated rings. The molecule has 0 atom stereocenters. The molecular formula is C13H20ClN3O2. The molecule has 1 rings (SSSR count). The third-order valence-corrected chi connectivity index (χ3v) is 2.50. The van der Waals surface area contributed by atoms with Gasteiger partial charge in [0.15, 0.2) is 0 Å². The van der Waals surface area contributed by atoms with Crippen LogP contribution in [0, 0.1) is 6.92 Å². The van der Waals surface area contributed by atoms with Crippen molar-refractivity contribution in [2.45, 2.75) is 13.3 Å². The minimum Gasteiger partial charge on any atom is -0.336 e. The summed E-state index contributed by atoms with van der Waals surface area (Å²) in [5.41, 5.74) is 7.14. The number of nitrogens with one attached hydrogen (secondary N) is 1. The Labute approximate surface area is 119 Å². The molecule has 0 spiro atoms. The predicted molar refractivity (Wildman–Crippen MR) is 78.4 cm³/mol. The summed E-state index contributed by atoms with van der Waals surface area (Å²) in [7, 11) is 1.59. The molecule has 0 bridgehead atoms. The molecule has 0 heterocycles. The van der Waals surface area contributed by atoms with E-state index in [1.54, 1.807) is 7.05 Å². The SMILES string of the molecule is Cc1ccc(NC(=O)CN(C)C(=O)CCN)cc1.Cl. The van der Waals surface area contributed by atoms with Gasteiger partial charge < -0.3 is 16.0 Å². The number of carbonyl (C=O) groups excluding carboxylic acids is 2. The minimum absolute atomic E-state index is 0. The first-order chi connectivity index (χ1) is 8.52. The van der Waals surface area contributed by atoms with Gasteiger partial charge in [-0.25, -0.2) is 0 Å². The molecule has 6 heteroatoms. The number of amides is 2. The lowest BCUT2D eigenvalue weighted by Gasteiger charge is -2.16. The molecule has 5 nitrogen and oxygen atoms in total. The van der Waals surface area contributed by atoms with Crippen LogP contribution < -0.4 is 11.1 Å². The number of hydrogen-bond acceptors (Lipinski definition) is 3. The fraction of sp³-hybridized carbons (Fsp3) is 0.385. The number of halogens is 1. The highest BCUT2D eigenvalue weighted by Gasteiger charge is 2.11. The van der Waals surface area contributed by atoms with Crippen molar-refractivity contribution in [1.82, 2.24) is 4.90 Å². The maximum absolute atomic E-state index is 11.7. The van der Waals surface area contributed by atoms with E-state index in [1.807, 2.05) is 31.2 Å². The fourth-order valence-corrected chi connectivity index (χ4v) is 1.46. The zero-order valence-electron chi connectivity index (χ0n) is 11.2. The summed E-state index contributed by atoms with van der Waals surface area (Å²) in [6.45, 7) is 2.31. The van der Waals surface area contributed by atoms with Gasteiger partial charge in [-0.05, 0) is 19.1 Å². The third kappa shape index (κ3) is 6.22. The van der Waals surface area contributed by atoms with E-state index in [0.29, 0.717) is 6.54 Å². The van der Waals surface area contributed by atoms with Gasteiger partial charge in [-0.15, -0.1) is 12.4 Å². The number of hydrogen-bond donors (Lipinski definition) is 2. The minimum atomic E-state index is -0.216. The lowest BCUT2D eigenvalue weighted by Crippen LogP contribution is -2.35. The number of anilines is 1. The second kappa shape index (κ2) is 8.50. The molecule has 0 saturated heterocycles. The smallest absolute Gasteiger partial charge is 0.243 e. The zero-order chi connectivity index (χ0) is 13.5. The Morgan fingerprint density at radius 3 is 2.37 bits per heavy atom. The van der Waals surface area contributed by atoms with Crippen LogP contribution in [-0.2, 0) is 9.59 Å². The highest BCUT2D eigenvalue weighted by atomic mass is 35.5. The van der Waals surface area contributed by atoms with Crippen LogP contribution in [0.4, 0.5) is 5.69 Å². The summed E-state index contributed by atoms with van der Waals surface area (Å²) in [6.07, 6.45) is 0.258. The second-order valence-electron chi connectivity index (χ2n) is 4.20. The molecule has 0 aliphatic rings. The summed E-state index contributed by atoms with van der Waals surface area (Å²) in [4.78, 5) is 24.5. The van der Waals surface area contributed by atoms with Crippen LogP contribution in [0.5, 0.6) is 0 Å². The van der Waals surface area contributed by atoms with Gasteiger partial charge in [0.05, 0.1) is 6.54 Å². The van der Waals surface area contributed by atoms with Crippen LogP contribution in [0.2, 0.25) is 0 Å². The van der Waals surface area contributed by atoms with Crippen molar-refractivity contribution in [3.05, 3.63) is 29.8 Å². The van der Waals surface area contributed by atoms with E-state index < -0.39 is 0 Å². The Balaban J connectivity index is 0.00000324. The largest absolute Gasteiger partial charge is 0.336 e. The summed E-state index contributed by atoms with van der Waals surface area (Å²) >= 11 is 0. The molecule has 0 saturated carbocycles. The zero-order valence-corrected chi connectivity index (χ0v) is 12.0. The van der Waals surface area contributed by atoms with Gasteiger partial charge in [-0.2, -0.15) is 0 Å². The van der Waals surface area contributed by atoms with Crippen LogP contribution in [0.1, 0.15) is 12.0 Å². The molecule has 1 aromatic carbocycles. The molecule has 106 valence electrons. The standard InChI is InChI=1S/C13H19N3O2.ClH/c1-10-3-5-11(6-4-10)15-12(17)9-16(2)13(18)7-8-14;/h3-6H,7-9,14H2,1-2H3,(H,15,17);1H. The van der Waals surface area contributed by atoms with Crippen LogP contribution >= 0.6 is 12.4 Å². The van der Waals surface area contributed by atoms with Crippen LogP contribution in [0.15, 0.2) is 24.3 Å². The predicted octanol–water partition coefficient (Wildman–Crippen LogP) is 1.16. The van der Waals surface area contributed by atoms with Gasteiger partial charge in [0.2, 0.25) is 11.8 Å². The number of carbonyl (C=O) groups is 2. The summed E-state index contributed by atoms with van der Waals surface area (Å²) in [5.74, 6) is -0.344. The molecule has 2 amide bonds. The van der Waals surface area contributed by atoms with Crippen molar-refractivity contribution in [2.75, 3.05) is 25.5 Å². The lowest BCUT2D eigenvalue weighted by atomic mass is 10.2. The first kappa shape index (κ1) is 17.4. The van der Waals surface area contributed by atoms with E-state index in [9.17, 15) is 9.59 Å². The van der Waals surface area contributed by atoms with Gasteiger partial charge in [0.25, 0.3) is 0 Å². The topological polar surface area (TPSA) is 75.4 Å². The third-order valence-electron chi connectivity index (χ3n) is 2.50. The first-order valence-electron chi connectivity index (χ1n) is 5.83. The molecule has 19 heavy (non-hydrogen) atoms. The van der Waals surface area contributed by atoms with Crippen LogP contribution in [0.25, 0.3) is 0 Å². The number of benzene rings is 1. The van der Waals surface area contributed by atoms with E-state index in [-0.39, 0.29) is 37.2 Å². The van der Waals surface area contributed by atoms with Gasteiger partial charge in [-0.3, -0.25) is 9.59 Å². The molecular weight excluding hydrogens is 266 g/mol. The Bertz CT molecular complexity index is 420. The fourth-order valence-electron chi connectivity index (χ4n) is 1.46. The maximum Gasteiger partial charge on any atom is 0.243 e. The first-order valence-corrected chi connectivity index (χ1v) is 5.83. The molecule has 0 aliphatic heterocycles. The van der Waals surface area contributed by atoms with Gasteiger partial charge in [0, 0.05) is 25.7 Å². The number of nitrogens with two attached hydrogens (primary N) is 1. The monoisotopic (exact) mass is 285 g/mol. The lowest BCUT2D eigenvalue weighted by molar-refractivity contribution is -0.133. The molecule has 1 aromatic rings. The average molecular weight is 286 g/mol. The van der Waals surface area contributed by atoms with E-state index >= 15 is 0 Å². The normalized spacial score (nSPS) is 9.42. The molecule has 0 unspecified atom stereocenters. The van der Waals surface area contributed by atoms with Crippen molar-refractivity contribution in [2.24, 2.45) is 5.73 Å². The van der Waals surface area contributed by atoms with E-state index in [4.69, 9.17) is 5.73 Å². The van der Waals surface area contributed by atoms with Crippen LogP contribution in [0.3, 0.4) is 0 Å². The summed E-state index contributed by atoms with van der Waals surface area (Å²) in [5, 5.41) is 2.73. The second-order valence-corrected chi connectivity index (χ2v) is 4.20. The Hall–Kier alpha value is -1.59. The van der Waals surface area contributed by atoms with Gasteiger partial charge in [-0.1, -0.05) is 17.7 Å². The van der Waals surface area contributed by atoms with E-state index in [1.165, 1.54) is 4.90 Å². The molecule has 0 radical (unpaired) electrons. The highest BCUT2D eigenvalue weighted by molar-refractivity contribution is 5.94. The number of likely N-dealkylation sites (N-methyl/N-ethyl adjacent to an activating group) is 1. The van der Waals surface area contributed by atoms with Crippen LogP contribution in [-0.4, -0.2) is 36.9 Å². The Morgan fingerprint density at radius 2 is 1.84 bits per heavy atom. The molecule has 0 aromatic heterocycles. The molecule has 3 N–H and O–H groups in total. The summed E-state index contributed by atoms with van der Waals surface area (Å²) < 4.78 is 0. The van der Waals surface area contributed by atoms with Crippen molar-refractivity contribution in [3.63, 3.8) is 0 Å². The number of rotatable bonds is 5. The van der Waals surface area contributed by atoms with Crippen molar-refractivity contribution in [1.29, 1.82) is 0 Å². The van der Waals surface area contributed by atoms with E-state index in [0.717, 1.165) is 11.3 Å². The van der Waals surface area contributed by atoms with Crippen molar-refractivity contribution < 1.29 is 9.59 Å². The summed E-state index contributed by atoms with van der Waals surface area (Å²) in [6, 6.07) is 7.49. The molecule has 0 aliphatic carbocycles. The van der Waals surface area contributed by atoms with Crippen molar-refractivity contribution >= 4 is 29.9 Å². The Kier molecular flexibility index (Phi) is 7.79. The van der Waals surface area contributed by atoms with E-state index in [2.05, 4.69) is 5.32 Å². The number of aryl methyl sites for hydroxylation is 1. The highest BCUT2D eigenvalue weighted by Crippen LogP contribution is 2.08. The maximum atomic E-state index is 11.7. The van der Waals surface area contributed by atoms with Crippen molar-refractivity contribution in [3.8, 4) is 0 Å². The Morgan fingerprint density at radius 1 is 1.26 bits per heavy atom. The quantitative estimate of drug-likeness (QED) is 0.852. The average Bonchev–Trinajstić information content (AvgIpc) is 2.32.